The van der Waals surface area contributed by atoms with E-state index in [2.05, 4.69) is 0 Å². The maximum Gasteiger partial charge on any atom is 0.416 e. The third kappa shape index (κ3) is 4.46. The van der Waals surface area contributed by atoms with Gasteiger partial charge in [-0.15, -0.1) is 12.4 Å². The van der Waals surface area contributed by atoms with Crippen LogP contribution in [0.1, 0.15) is 37.4 Å². The topological polar surface area (TPSA) is 26.0 Å². The molecule has 0 aliphatic carbocycles. The molecule has 0 bridgehead atoms. The van der Waals surface area contributed by atoms with Gasteiger partial charge >= 0.3 is 6.18 Å². The Morgan fingerprint density at radius 1 is 1.22 bits per heavy atom. The van der Waals surface area contributed by atoms with Crippen molar-refractivity contribution in [1.82, 2.24) is 0 Å². The zero-order valence-electron chi connectivity index (χ0n) is 10.1. The minimum Gasteiger partial charge on any atom is -0.324 e. The maximum atomic E-state index is 13.5. The van der Waals surface area contributed by atoms with Gasteiger partial charge in [-0.1, -0.05) is 19.9 Å². The second-order valence-corrected chi connectivity index (χ2v) is 4.47. The van der Waals surface area contributed by atoms with E-state index in [1.165, 1.54) is 0 Å². The van der Waals surface area contributed by atoms with Gasteiger partial charge in [-0.2, -0.15) is 13.2 Å². The quantitative estimate of drug-likeness (QED) is 0.823. The van der Waals surface area contributed by atoms with Crippen LogP contribution in [0.25, 0.3) is 0 Å². The number of nitrogens with two attached hydrogens (primary N) is 1. The Kier molecular flexibility index (Phi) is 6.10. The van der Waals surface area contributed by atoms with E-state index in [9.17, 15) is 17.6 Å². The van der Waals surface area contributed by atoms with Gasteiger partial charge in [0.25, 0.3) is 0 Å². The molecule has 0 heterocycles. The molecule has 2 N–H and O–H groups in total. The molecule has 1 atom stereocenters. The van der Waals surface area contributed by atoms with Crippen LogP contribution in [0.15, 0.2) is 18.2 Å². The van der Waals surface area contributed by atoms with E-state index < -0.39 is 23.6 Å². The van der Waals surface area contributed by atoms with Gasteiger partial charge in [-0.25, -0.2) is 4.39 Å². The highest BCUT2D eigenvalue weighted by Gasteiger charge is 2.31. The highest BCUT2D eigenvalue weighted by molar-refractivity contribution is 5.85. The normalized spacial score (nSPS) is 13.3. The average molecular weight is 286 g/mol. The van der Waals surface area contributed by atoms with Crippen molar-refractivity contribution in [2.24, 2.45) is 11.7 Å². The Bertz CT molecular complexity index is 390. The summed E-state index contributed by atoms with van der Waals surface area (Å²) in [5.74, 6) is -0.639. The van der Waals surface area contributed by atoms with Gasteiger partial charge in [0, 0.05) is 11.6 Å². The van der Waals surface area contributed by atoms with Gasteiger partial charge < -0.3 is 5.73 Å². The van der Waals surface area contributed by atoms with Crippen LogP contribution in [0.2, 0.25) is 0 Å². The molecule has 18 heavy (non-hydrogen) atoms. The molecular weight excluding hydrogens is 270 g/mol. The zero-order chi connectivity index (χ0) is 13.2. The summed E-state index contributed by atoms with van der Waals surface area (Å²) < 4.78 is 50.4. The van der Waals surface area contributed by atoms with Crippen molar-refractivity contribution in [3.8, 4) is 0 Å². The Balaban J connectivity index is 0.00000289. The molecule has 6 heteroatoms. The summed E-state index contributed by atoms with van der Waals surface area (Å²) in [7, 11) is 0. The summed E-state index contributed by atoms with van der Waals surface area (Å²) in [5.41, 5.74) is 4.88. The summed E-state index contributed by atoms with van der Waals surface area (Å²) in [5, 5.41) is 0. The molecule has 0 spiro atoms. The van der Waals surface area contributed by atoms with Crippen LogP contribution in [0.4, 0.5) is 17.6 Å². The van der Waals surface area contributed by atoms with Gasteiger partial charge in [-0.3, -0.25) is 0 Å². The molecule has 0 amide bonds. The highest BCUT2D eigenvalue weighted by Crippen LogP contribution is 2.31. The summed E-state index contributed by atoms with van der Waals surface area (Å²) >= 11 is 0. The highest BCUT2D eigenvalue weighted by atomic mass is 35.5. The van der Waals surface area contributed by atoms with Crippen molar-refractivity contribution < 1.29 is 17.6 Å². The third-order valence-electron chi connectivity index (χ3n) is 2.45. The fraction of sp³-hybridized carbons (Fsp3) is 0.500. The van der Waals surface area contributed by atoms with E-state index in [0.29, 0.717) is 12.5 Å². The first-order valence-corrected chi connectivity index (χ1v) is 5.34. The molecule has 1 aromatic rings. The first-order chi connectivity index (χ1) is 7.71. The molecule has 104 valence electrons. The zero-order valence-corrected chi connectivity index (χ0v) is 10.9. The summed E-state index contributed by atoms with van der Waals surface area (Å²) in [6.07, 6.45) is -4.00. The average Bonchev–Trinajstić information content (AvgIpc) is 2.14. The second-order valence-electron chi connectivity index (χ2n) is 4.47. The van der Waals surface area contributed by atoms with Crippen LogP contribution in [-0.4, -0.2) is 0 Å². The predicted molar refractivity (Wildman–Crippen MR) is 65.0 cm³/mol. The molecule has 0 unspecified atom stereocenters. The van der Waals surface area contributed by atoms with Crippen molar-refractivity contribution >= 4 is 12.4 Å². The first-order valence-electron chi connectivity index (χ1n) is 5.34. The van der Waals surface area contributed by atoms with E-state index in [1.807, 2.05) is 13.8 Å². The Labute approximate surface area is 110 Å². The molecule has 0 radical (unpaired) electrons. The molecule has 1 nitrogen and oxygen atoms in total. The van der Waals surface area contributed by atoms with Crippen LogP contribution in [0.3, 0.4) is 0 Å². The van der Waals surface area contributed by atoms with E-state index in [4.69, 9.17) is 5.73 Å². The standard InChI is InChI=1S/C12H15F4N.ClH/c1-7(2)5-11(17)9-4-3-8(6-10(9)13)12(14,15)16;/h3-4,6-7,11H,5,17H2,1-2H3;1H/t11-;/m1./s1. The number of halogens is 5. The van der Waals surface area contributed by atoms with Gasteiger partial charge in [0.15, 0.2) is 0 Å². The van der Waals surface area contributed by atoms with Crippen LogP contribution in [0, 0.1) is 11.7 Å². The monoisotopic (exact) mass is 285 g/mol. The number of benzene rings is 1. The summed E-state index contributed by atoms with van der Waals surface area (Å²) in [4.78, 5) is 0. The smallest absolute Gasteiger partial charge is 0.324 e. The van der Waals surface area contributed by atoms with Crippen molar-refractivity contribution in [2.75, 3.05) is 0 Å². The lowest BCUT2D eigenvalue weighted by Gasteiger charge is -2.16. The largest absolute Gasteiger partial charge is 0.416 e. The first kappa shape index (κ1) is 17.2. The fourth-order valence-electron chi connectivity index (χ4n) is 1.64. The lowest BCUT2D eigenvalue weighted by Crippen LogP contribution is -2.15. The van der Waals surface area contributed by atoms with Crippen LogP contribution in [-0.2, 0) is 6.18 Å². The molecule has 0 aliphatic heterocycles. The van der Waals surface area contributed by atoms with Crippen molar-refractivity contribution in [3.63, 3.8) is 0 Å². The molecule has 0 saturated heterocycles. The lowest BCUT2D eigenvalue weighted by atomic mass is 9.96. The van der Waals surface area contributed by atoms with E-state index in [0.717, 1.165) is 12.1 Å². The number of rotatable bonds is 3. The maximum absolute atomic E-state index is 13.5. The van der Waals surface area contributed by atoms with E-state index in [-0.39, 0.29) is 23.9 Å². The minimum absolute atomic E-state index is 0. The SMILES string of the molecule is CC(C)C[C@@H](N)c1ccc(C(F)(F)F)cc1F.Cl. The van der Waals surface area contributed by atoms with Crippen LogP contribution >= 0.6 is 12.4 Å². The summed E-state index contributed by atoms with van der Waals surface area (Å²) in [6.45, 7) is 3.84. The minimum atomic E-state index is -4.53. The van der Waals surface area contributed by atoms with Crippen LogP contribution in [0.5, 0.6) is 0 Å². The molecular formula is C12H16ClF4N. The molecule has 0 saturated carbocycles. The second kappa shape index (κ2) is 6.38. The lowest BCUT2D eigenvalue weighted by molar-refractivity contribution is -0.137. The number of hydrogen-bond acceptors (Lipinski definition) is 1. The van der Waals surface area contributed by atoms with E-state index in [1.54, 1.807) is 0 Å². The predicted octanol–water partition coefficient (Wildman–Crippen LogP) is 4.31. The third-order valence-corrected chi connectivity index (χ3v) is 2.45. The number of hydrogen-bond donors (Lipinski definition) is 1. The van der Waals surface area contributed by atoms with E-state index >= 15 is 0 Å². The molecule has 1 aromatic carbocycles. The number of alkyl halides is 3. The van der Waals surface area contributed by atoms with Crippen LogP contribution < -0.4 is 5.73 Å². The Morgan fingerprint density at radius 2 is 1.78 bits per heavy atom. The summed E-state index contributed by atoms with van der Waals surface area (Å²) in [6, 6.07) is 1.90. The molecule has 0 fully saturated rings. The van der Waals surface area contributed by atoms with Crippen molar-refractivity contribution in [2.45, 2.75) is 32.5 Å². The van der Waals surface area contributed by atoms with Gasteiger partial charge in [0.05, 0.1) is 5.56 Å². The molecule has 0 aliphatic rings. The van der Waals surface area contributed by atoms with Crippen molar-refractivity contribution in [3.05, 3.63) is 35.1 Å². The molecule has 0 aromatic heterocycles. The Morgan fingerprint density at radius 3 is 2.17 bits per heavy atom. The van der Waals surface area contributed by atoms with Gasteiger partial charge in [-0.05, 0) is 24.5 Å². The molecule has 1 rings (SSSR count). The Hall–Kier alpha value is -0.810. The van der Waals surface area contributed by atoms with Gasteiger partial charge in [0.2, 0.25) is 0 Å². The van der Waals surface area contributed by atoms with Gasteiger partial charge in [0.1, 0.15) is 5.82 Å². The van der Waals surface area contributed by atoms with Crippen molar-refractivity contribution in [1.29, 1.82) is 0 Å². The fourth-order valence-corrected chi connectivity index (χ4v) is 1.64.